The number of carbonyl (C=O) groups is 1. The van der Waals surface area contributed by atoms with E-state index in [2.05, 4.69) is 55.6 Å². The summed E-state index contributed by atoms with van der Waals surface area (Å²) in [5.74, 6) is -0.377. The number of hydrogen-bond donors (Lipinski definition) is 12. The Kier molecular flexibility index (Phi) is 30.6. The zero-order valence-corrected chi connectivity index (χ0v) is 40.5. The fraction of sp³-hybridized carbons (Fsp3) is 0.780. The minimum Gasteiger partial charge on any atom is -0.394 e. The molecule has 19 heteroatoms. The third-order valence-corrected chi connectivity index (χ3v) is 12.4. The zero-order chi connectivity index (χ0) is 50.6. The fourth-order valence-corrected chi connectivity index (χ4v) is 8.20. The van der Waals surface area contributed by atoms with Crippen LogP contribution >= 0.6 is 0 Å². The Hall–Kier alpha value is -2.51. The van der Waals surface area contributed by atoms with Crippen LogP contribution < -0.4 is 5.32 Å². The summed E-state index contributed by atoms with van der Waals surface area (Å²) in [4.78, 5) is 13.1. The van der Waals surface area contributed by atoms with Crippen LogP contribution in [0, 0.1) is 0 Å². The molecule has 3 saturated heterocycles. The van der Waals surface area contributed by atoms with Gasteiger partial charge < -0.3 is 89.9 Å². The number of nitrogens with one attached hydrogen (secondary N) is 1. The smallest absolute Gasteiger partial charge is 0.224 e. The van der Waals surface area contributed by atoms with Crippen molar-refractivity contribution in [3.63, 3.8) is 0 Å². The summed E-state index contributed by atoms with van der Waals surface area (Å²) in [6.45, 7) is 1.51. The van der Waals surface area contributed by atoms with E-state index in [-0.39, 0.29) is 18.9 Å². The molecule has 0 aromatic rings. The summed E-state index contributed by atoms with van der Waals surface area (Å²) >= 11 is 0. The number of amides is 1. The molecule has 398 valence electrons. The minimum absolute atomic E-state index is 0.0309. The number of hydrogen-bond acceptors (Lipinski definition) is 18. The second-order valence-electron chi connectivity index (χ2n) is 17.9. The van der Waals surface area contributed by atoms with Gasteiger partial charge in [-0.25, -0.2) is 0 Å². The van der Waals surface area contributed by atoms with Gasteiger partial charge in [-0.15, -0.1) is 0 Å². The second kappa shape index (κ2) is 34.8. The maximum absolute atomic E-state index is 13.1. The van der Waals surface area contributed by atoms with Crippen molar-refractivity contribution in [3.05, 3.63) is 60.8 Å². The molecule has 3 heterocycles. The Morgan fingerprint density at radius 3 is 1.43 bits per heavy atom. The quantitative estimate of drug-likeness (QED) is 0.0326. The van der Waals surface area contributed by atoms with E-state index in [0.29, 0.717) is 19.3 Å². The highest BCUT2D eigenvalue weighted by Gasteiger charge is 2.53. The lowest BCUT2D eigenvalue weighted by molar-refractivity contribution is -0.379. The van der Waals surface area contributed by atoms with Crippen LogP contribution in [0.25, 0.3) is 0 Å². The van der Waals surface area contributed by atoms with Crippen molar-refractivity contribution in [2.45, 2.75) is 221 Å². The zero-order valence-electron chi connectivity index (χ0n) is 40.5. The van der Waals surface area contributed by atoms with Crippen molar-refractivity contribution in [3.8, 4) is 0 Å². The standard InChI is InChI=1S/C50H85NO18/c1-3-5-7-9-11-13-14-15-16-17-18-20-22-24-26-28-38(56)51-33(34(55)27-25-23-21-19-12-10-8-6-4-2)32-64-48-44(62)41(59)46(36(30-53)66-48)69-50-45(63)42(60)47(37(31-54)67-50)68-49-43(61)40(58)39(57)35(29-52)65-49/h5,7,11,13,15-16,18,20,24,26,33-37,39-50,52-55,57-63H,3-4,6,8-10,12,14,17,19,21-23,25,27-32H2,1-2H3,(H,51,56)/b7-5-,13-11-,16-15-,20-18-,26-24-. The Morgan fingerprint density at radius 2 is 0.942 bits per heavy atom. The van der Waals surface area contributed by atoms with Crippen LogP contribution in [0.2, 0.25) is 0 Å². The Morgan fingerprint density at radius 1 is 0.522 bits per heavy atom. The van der Waals surface area contributed by atoms with Crippen molar-refractivity contribution < 1.29 is 89.4 Å². The first kappa shape index (κ1) is 60.8. The van der Waals surface area contributed by atoms with Crippen LogP contribution in [0.15, 0.2) is 60.8 Å². The molecule has 1 amide bonds. The Labute approximate surface area is 407 Å². The van der Waals surface area contributed by atoms with Gasteiger partial charge in [0.1, 0.15) is 73.2 Å². The van der Waals surface area contributed by atoms with Crippen LogP contribution in [0.3, 0.4) is 0 Å². The molecule has 0 aromatic heterocycles. The molecule has 0 radical (unpaired) electrons. The lowest BCUT2D eigenvalue weighted by Gasteiger charge is -2.48. The Balaban J connectivity index is 1.58. The SMILES string of the molecule is CC/C=C\C/C=C\C/C=C\C/C=C\C/C=C\CC(=O)NC(COC1OC(CO)C(OC2OC(CO)C(OC3OC(CO)C(O)C(O)C3O)C(O)C2O)C(O)C1O)C(O)CCCCCCCCCCC. The van der Waals surface area contributed by atoms with E-state index in [9.17, 15) is 61.0 Å². The summed E-state index contributed by atoms with van der Waals surface area (Å²) in [6, 6.07) is -0.940. The minimum atomic E-state index is -1.98. The average molecular weight is 988 g/mol. The number of rotatable bonds is 33. The van der Waals surface area contributed by atoms with Crippen molar-refractivity contribution in [2.24, 2.45) is 0 Å². The van der Waals surface area contributed by atoms with E-state index in [1.54, 1.807) is 6.08 Å². The first-order valence-corrected chi connectivity index (χ1v) is 25.0. The molecular formula is C50H85NO18. The molecule has 0 spiro atoms. The molecule has 0 aromatic carbocycles. The van der Waals surface area contributed by atoms with Gasteiger partial charge in [0.05, 0.1) is 38.6 Å². The predicted molar refractivity (Wildman–Crippen MR) is 254 cm³/mol. The molecule has 3 rings (SSSR count). The van der Waals surface area contributed by atoms with Crippen molar-refractivity contribution in [1.82, 2.24) is 5.32 Å². The van der Waals surface area contributed by atoms with Gasteiger partial charge in [0.2, 0.25) is 5.91 Å². The molecule has 3 aliphatic heterocycles. The van der Waals surface area contributed by atoms with Crippen LogP contribution in [0.1, 0.15) is 117 Å². The number of aliphatic hydroxyl groups is 11. The first-order chi connectivity index (χ1) is 33.3. The summed E-state index contributed by atoms with van der Waals surface area (Å²) < 4.78 is 34.0. The van der Waals surface area contributed by atoms with Gasteiger partial charge in [0, 0.05) is 6.42 Å². The number of carbonyl (C=O) groups excluding carboxylic acids is 1. The topological polar surface area (TPSA) is 307 Å². The van der Waals surface area contributed by atoms with Crippen molar-refractivity contribution in [1.29, 1.82) is 0 Å². The summed E-state index contributed by atoms with van der Waals surface area (Å²) in [6.07, 6.45) is 8.07. The van der Waals surface area contributed by atoms with E-state index >= 15 is 0 Å². The van der Waals surface area contributed by atoms with Crippen molar-refractivity contribution >= 4 is 5.91 Å². The van der Waals surface area contributed by atoms with Gasteiger partial charge in [-0.05, 0) is 38.5 Å². The molecule has 17 unspecified atom stereocenters. The van der Waals surface area contributed by atoms with Gasteiger partial charge in [0.15, 0.2) is 18.9 Å². The number of aliphatic hydroxyl groups excluding tert-OH is 11. The number of unbranched alkanes of at least 4 members (excludes halogenated alkanes) is 8. The predicted octanol–water partition coefficient (Wildman–Crippen LogP) is 1.36. The van der Waals surface area contributed by atoms with Gasteiger partial charge in [-0.2, -0.15) is 0 Å². The summed E-state index contributed by atoms with van der Waals surface area (Å²) in [5.41, 5.74) is 0. The monoisotopic (exact) mass is 988 g/mol. The van der Waals surface area contributed by atoms with Gasteiger partial charge >= 0.3 is 0 Å². The highest BCUT2D eigenvalue weighted by atomic mass is 16.8. The van der Waals surface area contributed by atoms with Crippen LogP contribution in [-0.2, 0) is 33.2 Å². The van der Waals surface area contributed by atoms with E-state index < -0.39 is 124 Å². The van der Waals surface area contributed by atoms with Gasteiger partial charge in [-0.3, -0.25) is 4.79 Å². The normalized spacial score (nSPS) is 33.4. The van der Waals surface area contributed by atoms with Crippen LogP contribution in [-0.4, -0.2) is 193 Å². The summed E-state index contributed by atoms with van der Waals surface area (Å²) in [7, 11) is 0. The summed E-state index contributed by atoms with van der Waals surface area (Å²) in [5, 5.41) is 119. The first-order valence-electron chi connectivity index (χ1n) is 25.0. The fourth-order valence-electron chi connectivity index (χ4n) is 8.20. The van der Waals surface area contributed by atoms with Crippen LogP contribution in [0.5, 0.6) is 0 Å². The maximum atomic E-state index is 13.1. The van der Waals surface area contributed by atoms with E-state index in [1.165, 1.54) is 25.7 Å². The third-order valence-electron chi connectivity index (χ3n) is 12.4. The average Bonchev–Trinajstić information content (AvgIpc) is 3.34. The van der Waals surface area contributed by atoms with Gasteiger partial charge in [-0.1, -0.05) is 132 Å². The number of allylic oxidation sites excluding steroid dienone is 9. The molecule has 0 bridgehead atoms. The largest absolute Gasteiger partial charge is 0.394 e. The molecule has 0 saturated carbocycles. The molecule has 3 aliphatic rings. The molecule has 69 heavy (non-hydrogen) atoms. The Bertz CT molecular complexity index is 1510. The molecular weight excluding hydrogens is 903 g/mol. The second-order valence-corrected chi connectivity index (χ2v) is 17.9. The molecule has 19 nitrogen and oxygen atoms in total. The molecule has 17 atom stereocenters. The highest BCUT2D eigenvalue weighted by molar-refractivity contribution is 5.77. The molecule has 3 fully saturated rings. The van der Waals surface area contributed by atoms with E-state index in [4.69, 9.17) is 28.4 Å². The lowest BCUT2D eigenvalue weighted by Crippen LogP contribution is -2.66. The molecule has 0 aliphatic carbocycles. The van der Waals surface area contributed by atoms with Crippen LogP contribution in [0.4, 0.5) is 0 Å². The van der Waals surface area contributed by atoms with E-state index in [0.717, 1.165) is 51.4 Å². The van der Waals surface area contributed by atoms with Gasteiger partial charge in [0.25, 0.3) is 0 Å². The molecule has 12 N–H and O–H groups in total. The third kappa shape index (κ3) is 20.9. The van der Waals surface area contributed by atoms with E-state index in [1.807, 2.05) is 18.2 Å². The van der Waals surface area contributed by atoms with Crippen molar-refractivity contribution in [2.75, 3.05) is 26.4 Å². The highest BCUT2D eigenvalue weighted by Crippen LogP contribution is 2.33. The number of ether oxygens (including phenoxy) is 6. The lowest BCUT2D eigenvalue weighted by atomic mass is 9.96. The maximum Gasteiger partial charge on any atom is 0.224 e.